The molecule has 1 amide bonds. The molecule has 0 heterocycles. The third kappa shape index (κ3) is 4.19. The van der Waals surface area contributed by atoms with Crippen LogP contribution in [0.25, 0.3) is 0 Å². The zero-order valence-electron chi connectivity index (χ0n) is 12.4. The van der Waals surface area contributed by atoms with E-state index in [1.807, 2.05) is 60.7 Å². The molecule has 1 unspecified atom stereocenters. The predicted octanol–water partition coefficient (Wildman–Crippen LogP) is 2.80. The van der Waals surface area contributed by atoms with Gasteiger partial charge in [-0.3, -0.25) is 9.59 Å². The molecule has 0 aliphatic carbocycles. The van der Waals surface area contributed by atoms with Gasteiger partial charge in [-0.1, -0.05) is 60.7 Å². The molecule has 0 spiro atoms. The van der Waals surface area contributed by atoms with Crippen molar-refractivity contribution in [3.63, 3.8) is 0 Å². The zero-order chi connectivity index (χ0) is 15.9. The van der Waals surface area contributed by atoms with Crippen LogP contribution in [0, 0.1) is 0 Å². The van der Waals surface area contributed by atoms with E-state index in [1.54, 1.807) is 6.92 Å². The fourth-order valence-corrected chi connectivity index (χ4v) is 2.43. The lowest BCUT2D eigenvalue weighted by Crippen LogP contribution is -2.37. The van der Waals surface area contributed by atoms with Crippen LogP contribution in [0.5, 0.6) is 0 Å². The van der Waals surface area contributed by atoms with Crippen molar-refractivity contribution in [1.29, 1.82) is 0 Å². The van der Waals surface area contributed by atoms with Crippen LogP contribution in [0.1, 0.15) is 30.4 Å². The Hall–Kier alpha value is -2.62. The Balaban J connectivity index is 2.25. The van der Waals surface area contributed by atoms with E-state index in [4.69, 9.17) is 5.11 Å². The monoisotopic (exact) mass is 297 g/mol. The van der Waals surface area contributed by atoms with E-state index in [-0.39, 0.29) is 12.3 Å². The summed E-state index contributed by atoms with van der Waals surface area (Å²) in [5.41, 5.74) is 1.77. The summed E-state index contributed by atoms with van der Waals surface area (Å²) >= 11 is 0. The smallest absolute Gasteiger partial charge is 0.305 e. The number of nitrogens with one attached hydrogen (secondary N) is 1. The Morgan fingerprint density at radius 3 is 1.82 bits per heavy atom. The van der Waals surface area contributed by atoms with Crippen molar-refractivity contribution in [2.24, 2.45) is 0 Å². The summed E-state index contributed by atoms with van der Waals surface area (Å²) in [4.78, 5) is 23.4. The van der Waals surface area contributed by atoms with E-state index in [0.717, 1.165) is 11.1 Å². The first kappa shape index (κ1) is 15.8. The van der Waals surface area contributed by atoms with Crippen molar-refractivity contribution < 1.29 is 14.7 Å². The number of hydrogen-bond acceptors (Lipinski definition) is 2. The van der Waals surface area contributed by atoms with E-state index >= 15 is 0 Å². The summed E-state index contributed by atoms with van der Waals surface area (Å²) in [5, 5.41) is 11.6. The lowest BCUT2D eigenvalue weighted by molar-refractivity contribution is -0.137. The Labute approximate surface area is 129 Å². The van der Waals surface area contributed by atoms with Crippen molar-refractivity contribution >= 4 is 11.9 Å². The molecule has 0 aliphatic heterocycles. The molecule has 0 aromatic heterocycles. The van der Waals surface area contributed by atoms with Gasteiger partial charge in [0.15, 0.2) is 0 Å². The van der Waals surface area contributed by atoms with E-state index in [0.29, 0.717) is 0 Å². The number of rotatable bonds is 6. The minimum Gasteiger partial charge on any atom is -0.481 e. The molecule has 114 valence electrons. The largest absolute Gasteiger partial charge is 0.481 e. The van der Waals surface area contributed by atoms with Gasteiger partial charge in [0, 0.05) is 6.04 Å². The zero-order valence-corrected chi connectivity index (χ0v) is 12.4. The number of amides is 1. The Kier molecular flexibility index (Phi) is 5.31. The molecule has 1 atom stereocenters. The molecule has 2 rings (SSSR count). The third-order valence-corrected chi connectivity index (χ3v) is 3.40. The molecule has 0 bridgehead atoms. The van der Waals surface area contributed by atoms with Gasteiger partial charge in [0.25, 0.3) is 0 Å². The van der Waals surface area contributed by atoms with Crippen molar-refractivity contribution in [3.05, 3.63) is 71.8 Å². The summed E-state index contributed by atoms with van der Waals surface area (Å²) in [5.74, 6) is -1.56. The summed E-state index contributed by atoms with van der Waals surface area (Å²) < 4.78 is 0. The second-order valence-electron chi connectivity index (χ2n) is 5.26. The van der Waals surface area contributed by atoms with Gasteiger partial charge in [0.2, 0.25) is 5.91 Å². The van der Waals surface area contributed by atoms with Crippen molar-refractivity contribution in [1.82, 2.24) is 5.32 Å². The molecule has 2 aromatic rings. The molecule has 2 aromatic carbocycles. The van der Waals surface area contributed by atoms with Crippen molar-refractivity contribution in [3.8, 4) is 0 Å². The van der Waals surface area contributed by atoms with E-state index < -0.39 is 17.9 Å². The molecule has 0 radical (unpaired) electrons. The van der Waals surface area contributed by atoms with Gasteiger partial charge in [-0.15, -0.1) is 0 Å². The highest BCUT2D eigenvalue weighted by Gasteiger charge is 2.24. The summed E-state index contributed by atoms with van der Waals surface area (Å²) in [6, 6.07) is 18.5. The molecular weight excluding hydrogens is 278 g/mol. The first-order valence-corrected chi connectivity index (χ1v) is 7.20. The lowest BCUT2D eigenvalue weighted by Gasteiger charge is -2.20. The van der Waals surface area contributed by atoms with Gasteiger partial charge < -0.3 is 10.4 Å². The Morgan fingerprint density at radius 1 is 0.955 bits per heavy atom. The highest BCUT2D eigenvalue weighted by Crippen LogP contribution is 2.24. The van der Waals surface area contributed by atoms with Crippen LogP contribution in [0.15, 0.2) is 60.7 Å². The van der Waals surface area contributed by atoms with E-state index in [2.05, 4.69) is 5.32 Å². The molecule has 0 fully saturated rings. The second kappa shape index (κ2) is 7.41. The van der Waals surface area contributed by atoms with Crippen LogP contribution < -0.4 is 5.32 Å². The predicted molar refractivity (Wildman–Crippen MR) is 84.6 cm³/mol. The number of benzene rings is 2. The van der Waals surface area contributed by atoms with Gasteiger partial charge in [-0.2, -0.15) is 0 Å². The van der Waals surface area contributed by atoms with Crippen LogP contribution in [0.3, 0.4) is 0 Å². The number of hydrogen-bond donors (Lipinski definition) is 2. The molecule has 0 saturated carbocycles. The topological polar surface area (TPSA) is 66.4 Å². The summed E-state index contributed by atoms with van der Waals surface area (Å²) in [6.07, 6.45) is -0.0952. The average Bonchev–Trinajstić information content (AvgIpc) is 2.48. The van der Waals surface area contributed by atoms with Crippen LogP contribution in [-0.2, 0) is 9.59 Å². The first-order valence-electron chi connectivity index (χ1n) is 7.20. The number of carbonyl (C=O) groups excluding carboxylic acids is 1. The minimum atomic E-state index is -0.927. The van der Waals surface area contributed by atoms with Gasteiger partial charge in [-0.25, -0.2) is 0 Å². The van der Waals surface area contributed by atoms with Gasteiger partial charge in [0.1, 0.15) is 0 Å². The van der Waals surface area contributed by atoms with Gasteiger partial charge >= 0.3 is 5.97 Å². The molecule has 0 saturated heterocycles. The maximum absolute atomic E-state index is 12.6. The number of aliphatic carboxylic acids is 1. The quantitative estimate of drug-likeness (QED) is 0.861. The van der Waals surface area contributed by atoms with Crippen molar-refractivity contribution in [2.75, 3.05) is 0 Å². The molecule has 2 N–H and O–H groups in total. The molecule has 4 nitrogen and oxygen atoms in total. The SMILES string of the molecule is CC(CC(=O)O)NC(=O)C(c1ccccc1)c1ccccc1. The molecular formula is C18H19NO3. The fraction of sp³-hybridized carbons (Fsp3) is 0.222. The fourth-order valence-electron chi connectivity index (χ4n) is 2.43. The third-order valence-electron chi connectivity index (χ3n) is 3.40. The molecule has 22 heavy (non-hydrogen) atoms. The maximum atomic E-state index is 12.6. The standard InChI is InChI=1S/C18H19NO3/c1-13(12-16(20)21)19-18(22)17(14-8-4-2-5-9-14)15-10-6-3-7-11-15/h2-11,13,17H,12H2,1H3,(H,19,22)(H,20,21). The number of carbonyl (C=O) groups is 2. The summed E-state index contributed by atoms with van der Waals surface area (Å²) in [6.45, 7) is 1.69. The lowest BCUT2D eigenvalue weighted by atomic mass is 9.90. The first-order chi connectivity index (χ1) is 10.6. The number of carboxylic acid groups (broad SMARTS) is 1. The van der Waals surface area contributed by atoms with Crippen LogP contribution in [0.2, 0.25) is 0 Å². The highest BCUT2D eigenvalue weighted by atomic mass is 16.4. The minimum absolute atomic E-state index is 0.0952. The maximum Gasteiger partial charge on any atom is 0.305 e. The second-order valence-corrected chi connectivity index (χ2v) is 5.26. The highest BCUT2D eigenvalue weighted by molar-refractivity contribution is 5.87. The average molecular weight is 297 g/mol. The van der Waals surface area contributed by atoms with E-state index in [1.165, 1.54) is 0 Å². The van der Waals surface area contributed by atoms with Gasteiger partial charge in [0.05, 0.1) is 12.3 Å². The van der Waals surface area contributed by atoms with Crippen LogP contribution in [0.4, 0.5) is 0 Å². The number of carboxylic acids is 1. The van der Waals surface area contributed by atoms with E-state index in [9.17, 15) is 9.59 Å². The van der Waals surface area contributed by atoms with Crippen LogP contribution in [-0.4, -0.2) is 23.0 Å². The summed E-state index contributed by atoms with van der Waals surface area (Å²) in [7, 11) is 0. The van der Waals surface area contributed by atoms with Crippen molar-refractivity contribution in [2.45, 2.75) is 25.3 Å². The van der Waals surface area contributed by atoms with Gasteiger partial charge in [-0.05, 0) is 18.1 Å². The Bertz CT molecular complexity index is 586. The normalized spacial score (nSPS) is 11.9. The Morgan fingerprint density at radius 2 is 1.41 bits per heavy atom. The van der Waals surface area contributed by atoms with Crippen LogP contribution >= 0.6 is 0 Å². The molecule has 4 heteroatoms. The molecule has 0 aliphatic rings.